The molecule has 1 saturated carbocycles. The Kier molecular flexibility index (Phi) is 3.32. The molecule has 0 bridgehead atoms. The van der Waals surface area contributed by atoms with Crippen LogP contribution in [0.25, 0.3) is 0 Å². The predicted molar refractivity (Wildman–Crippen MR) is 47.9 cm³/mol. The van der Waals surface area contributed by atoms with Crippen molar-refractivity contribution in [3.63, 3.8) is 0 Å². The molecule has 1 rings (SSSR count). The highest BCUT2D eigenvalue weighted by Gasteiger charge is 2.24. The molecule has 0 amide bonds. The van der Waals surface area contributed by atoms with Gasteiger partial charge in [0, 0.05) is 0 Å². The van der Waals surface area contributed by atoms with Crippen molar-refractivity contribution in [1.82, 2.24) is 0 Å². The predicted octanol–water partition coefficient (Wildman–Crippen LogP) is 2.45. The fraction of sp³-hybridized carbons (Fsp3) is 0.700. The number of hydrogen-bond donors (Lipinski definition) is 1. The van der Waals surface area contributed by atoms with Gasteiger partial charge in [0.1, 0.15) is 0 Å². The fourth-order valence-corrected chi connectivity index (χ4v) is 1.83. The minimum Gasteiger partial charge on any atom is -0.481 e. The molecular formula is C10H16O2. The number of carboxylic acid groups (broad SMARTS) is 1. The standard InChI is InChI=1S/C10H16O2/c1-2-3-8-4-6-9(7-5-8)10(11)12/h2-3,8-9H,4-7H2,1H3,(H,11,12)/b3-2-. The zero-order valence-corrected chi connectivity index (χ0v) is 7.49. The maximum Gasteiger partial charge on any atom is 0.306 e. The van der Waals surface area contributed by atoms with E-state index in [1.807, 2.05) is 6.92 Å². The lowest BCUT2D eigenvalue weighted by Gasteiger charge is -2.23. The molecule has 1 fully saturated rings. The van der Waals surface area contributed by atoms with Crippen LogP contribution >= 0.6 is 0 Å². The third-order valence-electron chi connectivity index (χ3n) is 2.59. The van der Waals surface area contributed by atoms with E-state index in [1.54, 1.807) is 0 Å². The topological polar surface area (TPSA) is 37.3 Å². The van der Waals surface area contributed by atoms with Gasteiger partial charge in [-0.1, -0.05) is 12.2 Å². The minimum absolute atomic E-state index is 0.0773. The van der Waals surface area contributed by atoms with E-state index >= 15 is 0 Å². The molecule has 1 aliphatic rings. The van der Waals surface area contributed by atoms with Gasteiger partial charge in [-0.2, -0.15) is 0 Å². The summed E-state index contributed by atoms with van der Waals surface area (Å²) in [6.45, 7) is 2.02. The zero-order chi connectivity index (χ0) is 8.97. The van der Waals surface area contributed by atoms with Gasteiger partial charge in [-0.25, -0.2) is 0 Å². The quantitative estimate of drug-likeness (QED) is 0.643. The maximum absolute atomic E-state index is 10.6. The number of aliphatic carboxylic acids is 1. The SMILES string of the molecule is C/C=C\C1CCC(C(=O)O)CC1. The van der Waals surface area contributed by atoms with Crippen molar-refractivity contribution in [2.45, 2.75) is 32.6 Å². The van der Waals surface area contributed by atoms with Crippen molar-refractivity contribution in [2.24, 2.45) is 11.8 Å². The lowest BCUT2D eigenvalue weighted by molar-refractivity contribution is -0.142. The number of rotatable bonds is 2. The molecule has 1 N–H and O–H groups in total. The second-order valence-corrected chi connectivity index (χ2v) is 3.48. The normalized spacial score (nSPS) is 30.8. The Morgan fingerprint density at radius 2 is 1.92 bits per heavy atom. The van der Waals surface area contributed by atoms with Gasteiger partial charge in [-0.15, -0.1) is 0 Å². The molecular weight excluding hydrogens is 152 g/mol. The van der Waals surface area contributed by atoms with Gasteiger partial charge in [0.2, 0.25) is 0 Å². The Morgan fingerprint density at radius 3 is 2.33 bits per heavy atom. The molecule has 0 unspecified atom stereocenters. The van der Waals surface area contributed by atoms with Crippen LogP contribution in [0.1, 0.15) is 32.6 Å². The molecule has 0 aromatic heterocycles. The fourth-order valence-electron chi connectivity index (χ4n) is 1.83. The van der Waals surface area contributed by atoms with E-state index in [4.69, 9.17) is 5.11 Å². The van der Waals surface area contributed by atoms with Crippen LogP contribution in [0, 0.1) is 11.8 Å². The first-order valence-electron chi connectivity index (χ1n) is 4.59. The Hall–Kier alpha value is -0.790. The summed E-state index contributed by atoms with van der Waals surface area (Å²) >= 11 is 0. The van der Waals surface area contributed by atoms with Crippen molar-refractivity contribution < 1.29 is 9.90 Å². The molecule has 0 atom stereocenters. The molecule has 12 heavy (non-hydrogen) atoms. The highest BCUT2D eigenvalue weighted by Crippen LogP contribution is 2.29. The maximum atomic E-state index is 10.6. The molecule has 1 aliphatic carbocycles. The molecule has 0 spiro atoms. The summed E-state index contributed by atoms with van der Waals surface area (Å²) in [5, 5.41) is 8.74. The highest BCUT2D eigenvalue weighted by atomic mass is 16.4. The molecule has 0 saturated heterocycles. The average molecular weight is 168 g/mol. The van der Waals surface area contributed by atoms with E-state index < -0.39 is 5.97 Å². The van der Waals surface area contributed by atoms with E-state index in [0.717, 1.165) is 25.7 Å². The second-order valence-electron chi connectivity index (χ2n) is 3.48. The summed E-state index contributed by atoms with van der Waals surface area (Å²) in [4.78, 5) is 10.6. The first-order valence-corrected chi connectivity index (χ1v) is 4.59. The van der Waals surface area contributed by atoms with Crippen LogP contribution in [0.2, 0.25) is 0 Å². The zero-order valence-electron chi connectivity index (χ0n) is 7.49. The highest BCUT2D eigenvalue weighted by molar-refractivity contribution is 5.70. The van der Waals surface area contributed by atoms with Gasteiger partial charge in [0.25, 0.3) is 0 Å². The Bertz CT molecular complexity index is 176. The Labute approximate surface area is 73.3 Å². The van der Waals surface area contributed by atoms with Crippen LogP contribution in [-0.4, -0.2) is 11.1 Å². The molecule has 0 aliphatic heterocycles. The third kappa shape index (κ3) is 2.36. The summed E-state index contributed by atoms with van der Waals surface area (Å²) in [6.07, 6.45) is 8.04. The smallest absolute Gasteiger partial charge is 0.306 e. The number of carbonyl (C=O) groups is 1. The van der Waals surface area contributed by atoms with Crippen molar-refractivity contribution in [3.05, 3.63) is 12.2 Å². The first kappa shape index (κ1) is 9.30. The lowest BCUT2D eigenvalue weighted by atomic mass is 9.82. The average Bonchev–Trinajstić information content (AvgIpc) is 2.06. The van der Waals surface area contributed by atoms with Gasteiger partial charge in [-0.05, 0) is 38.5 Å². The van der Waals surface area contributed by atoms with Gasteiger partial charge in [0.05, 0.1) is 5.92 Å². The van der Waals surface area contributed by atoms with Gasteiger partial charge < -0.3 is 5.11 Å². The van der Waals surface area contributed by atoms with E-state index in [2.05, 4.69) is 12.2 Å². The molecule has 0 aromatic rings. The molecule has 2 nitrogen and oxygen atoms in total. The Morgan fingerprint density at radius 1 is 1.33 bits per heavy atom. The number of hydrogen-bond acceptors (Lipinski definition) is 1. The molecule has 2 heteroatoms. The van der Waals surface area contributed by atoms with Crippen molar-refractivity contribution >= 4 is 5.97 Å². The van der Waals surface area contributed by atoms with Crippen LogP contribution in [-0.2, 0) is 4.79 Å². The second kappa shape index (κ2) is 4.29. The summed E-state index contributed by atoms with van der Waals surface area (Å²) in [5.41, 5.74) is 0. The number of carboxylic acids is 1. The van der Waals surface area contributed by atoms with Crippen molar-refractivity contribution in [2.75, 3.05) is 0 Å². The Balaban J connectivity index is 2.34. The van der Waals surface area contributed by atoms with Crippen LogP contribution in [0.5, 0.6) is 0 Å². The van der Waals surface area contributed by atoms with Gasteiger partial charge in [-0.3, -0.25) is 4.79 Å². The summed E-state index contributed by atoms with van der Waals surface area (Å²) in [5.74, 6) is -0.0639. The van der Waals surface area contributed by atoms with E-state index in [9.17, 15) is 4.79 Å². The van der Waals surface area contributed by atoms with Crippen LogP contribution < -0.4 is 0 Å². The summed E-state index contributed by atoms with van der Waals surface area (Å²) < 4.78 is 0. The number of allylic oxidation sites excluding steroid dienone is 2. The van der Waals surface area contributed by atoms with Crippen molar-refractivity contribution in [1.29, 1.82) is 0 Å². The van der Waals surface area contributed by atoms with E-state index in [0.29, 0.717) is 5.92 Å². The largest absolute Gasteiger partial charge is 0.481 e. The van der Waals surface area contributed by atoms with Crippen LogP contribution in [0.3, 0.4) is 0 Å². The first-order chi connectivity index (χ1) is 5.74. The van der Waals surface area contributed by atoms with Gasteiger partial charge >= 0.3 is 5.97 Å². The molecule has 0 heterocycles. The van der Waals surface area contributed by atoms with Crippen LogP contribution in [0.4, 0.5) is 0 Å². The summed E-state index contributed by atoms with van der Waals surface area (Å²) in [6, 6.07) is 0. The van der Waals surface area contributed by atoms with Crippen LogP contribution in [0.15, 0.2) is 12.2 Å². The molecule has 0 radical (unpaired) electrons. The molecule has 0 aromatic carbocycles. The monoisotopic (exact) mass is 168 g/mol. The van der Waals surface area contributed by atoms with Gasteiger partial charge in [0.15, 0.2) is 0 Å². The van der Waals surface area contributed by atoms with Crippen molar-refractivity contribution in [3.8, 4) is 0 Å². The van der Waals surface area contributed by atoms with E-state index in [-0.39, 0.29) is 5.92 Å². The molecule has 68 valence electrons. The lowest BCUT2D eigenvalue weighted by Crippen LogP contribution is -2.20. The minimum atomic E-state index is -0.617. The summed E-state index contributed by atoms with van der Waals surface area (Å²) in [7, 11) is 0. The van der Waals surface area contributed by atoms with E-state index in [1.165, 1.54) is 0 Å². The third-order valence-corrected chi connectivity index (χ3v) is 2.59.